The molecule has 1 heterocycles. The van der Waals surface area contributed by atoms with E-state index in [9.17, 15) is 4.79 Å². The fourth-order valence-corrected chi connectivity index (χ4v) is 2.16. The predicted molar refractivity (Wildman–Crippen MR) is 70.1 cm³/mol. The largest absolute Gasteiger partial charge is 0.294 e. The zero-order valence-corrected chi connectivity index (χ0v) is 10.3. The van der Waals surface area contributed by atoms with Crippen LogP contribution >= 0.6 is 0 Å². The van der Waals surface area contributed by atoms with Gasteiger partial charge < -0.3 is 0 Å². The third-order valence-electron chi connectivity index (χ3n) is 3.12. The van der Waals surface area contributed by atoms with Gasteiger partial charge in [0.25, 0.3) is 0 Å². The van der Waals surface area contributed by atoms with E-state index in [0.717, 1.165) is 29.2 Å². The van der Waals surface area contributed by atoms with E-state index in [1.807, 2.05) is 31.2 Å². The van der Waals surface area contributed by atoms with Crippen molar-refractivity contribution in [3.8, 4) is 0 Å². The first-order valence-electron chi connectivity index (χ1n) is 6.11. The Hall–Kier alpha value is -1.70. The Kier molecular flexibility index (Phi) is 3.52. The molecule has 17 heavy (non-hydrogen) atoms. The highest BCUT2D eigenvalue weighted by molar-refractivity contribution is 6.08. The summed E-state index contributed by atoms with van der Waals surface area (Å²) < 4.78 is 0. The fraction of sp³-hybridized carbons (Fsp3) is 0.333. The summed E-state index contributed by atoms with van der Waals surface area (Å²) in [4.78, 5) is 16.4. The molecule has 1 atom stereocenters. The number of carbonyl (C=O) groups is 1. The van der Waals surface area contributed by atoms with Crippen molar-refractivity contribution in [2.24, 2.45) is 5.92 Å². The maximum atomic E-state index is 12.3. The Balaban J connectivity index is 2.45. The number of aromatic nitrogens is 1. The van der Waals surface area contributed by atoms with Crippen molar-refractivity contribution >= 4 is 16.6 Å². The van der Waals surface area contributed by atoms with Crippen molar-refractivity contribution in [3.05, 3.63) is 42.2 Å². The highest BCUT2D eigenvalue weighted by Crippen LogP contribution is 2.22. The molecule has 0 spiro atoms. The number of ketones is 1. The maximum Gasteiger partial charge on any atom is 0.166 e. The summed E-state index contributed by atoms with van der Waals surface area (Å²) in [6.45, 7) is 4.11. The van der Waals surface area contributed by atoms with E-state index < -0.39 is 0 Å². The smallest absolute Gasteiger partial charge is 0.166 e. The first-order chi connectivity index (χ1) is 8.24. The topological polar surface area (TPSA) is 30.0 Å². The number of Topliss-reactive ketones (excluding diaryl/α,β-unsaturated/α-hetero) is 1. The van der Waals surface area contributed by atoms with E-state index in [4.69, 9.17) is 0 Å². The first kappa shape index (κ1) is 11.8. The third-order valence-corrected chi connectivity index (χ3v) is 3.12. The number of benzene rings is 1. The minimum atomic E-state index is 0.0887. The van der Waals surface area contributed by atoms with Crippen molar-refractivity contribution in [3.63, 3.8) is 0 Å². The molecule has 88 valence electrons. The normalized spacial score (nSPS) is 12.6. The van der Waals surface area contributed by atoms with Crippen LogP contribution in [0.3, 0.4) is 0 Å². The molecule has 2 rings (SSSR count). The van der Waals surface area contributed by atoms with Gasteiger partial charge in [0.2, 0.25) is 0 Å². The standard InChI is InChI=1S/C15H17NO/c1-3-5-11(2)15(17)13-7-4-6-12-8-9-16-10-14(12)13/h4,6-11H,3,5H2,1-2H3. The van der Waals surface area contributed by atoms with Crippen molar-refractivity contribution in [2.75, 3.05) is 0 Å². The lowest BCUT2D eigenvalue weighted by molar-refractivity contribution is 0.0925. The van der Waals surface area contributed by atoms with E-state index in [2.05, 4.69) is 11.9 Å². The minimum absolute atomic E-state index is 0.0887. The lowest BCUT2D eigenvalue weighted by Gasteiger charge is -2.10. The van der Waals surface area contributed by atoms with Crippen LogP contribution in [-0.4, -0.2) is 10.8 Å². The minimum Gasteiger partial charge on any atom is -0.294 e. The molecule has 1 unspecified atom stereocenters. The summed E-state index contributed by atoms with van der Waals surface area (Å²) in [6.07, 6.45) is 5.51. The van der Waals surface area contributed by atoms with E-state index in [0.29, 0.717) is 0 Å². The molecule has 1 aromatic carbocycles. The molecule has 0 bridgehead atoms. The van der Waals surface area contributed by atoms with Gasteiger partial charge in [-0.3, -0.25) is 9.78 Å². The molecule has 0 fully saturated rings. The van der Waals surface area contributed by atoms with Crippen LogP contribution in [0.5, 0.6) is 0 Å². The second-order valence-corrected chi connectivity index (χ2v) is 4.46. The SMILES string of the molecule is CCCC(C)C(=O)c1cccc2ccncc12. The van der Waals surface area contributed by atoms with Gasteiger partial charge in [0.15, 0.2) is 5.78 Å². The maximum absolute atomic E-state index is 12.3. The molecular weight excluding hydrogens is 210 g/mol. The van der Waals surface area contributed by atoms with Gasteiger partial charge in [-0.25, -0.2) is 0 Å². The summed E-state index contributed by atoms with van der Waals surface area (Å²) in [7, 11) is 0. The molecule has 0 saturated heterocycles. The number of hydrogen-bond donors (Lipinski definition) is 0. The van der Waals surface area contributed by atoms with Crippen LogP contribution in [0.4, 0.5) is 0 Å². The molecule has 2 heteroatoms. The second-order valence-electron chi connectivity index (χ2n) is 4.46. The quantitative estimate of drug-likeness (QED) is 0.742. The molecule has 1 aromatic heterocycles. The Morgan fingerprint density at radius 1 is 1.35 bits per heavy atom. The summed E-state index contributed by atoms with van der Waals surface area (Å²) >= 11 is 0. The number of rotatable bonds is 4. The van der Waals surface area contributed by atoms with Gasteiger partial charge in [0, 0.05) is 29.3 Å². The molecule has 0 amide bonds. The van der Waals surface area contributed by atoms with E-state index >= 15 is 0 Å². The molecule has 0 aliphatic heterocycles. The fourth-order valence-electron chi connectivity index (χ4n) is 2.16. The van der Waals surface area contributed by atoms with Crippen LogP contribution in [0.15, 0.2) is 36.7 Å². The Morgan fingerprint density at radius 3 is 2.94 bits per heavy atom. The number of nitrogens with zero attached hydrogens (tertiary/aromatic N) is 1. The number of hydrogen-bond acceptors (Lipinski definition) is 2. The Morgan fingerprint density at radius 2 is 2.18 bits per heavy atom. The van der Waals surface area contributed by atoms with Crippen molar-refractivity contribution in [2.45, 2.75) is 26.7 Å². The van der Waals surface area contributed by atoms with Crippen LogP contribution in [0.2, 0.25) is 0 Å². The van der Waals surface area contributed by atoms with Crippen LogP contribution < -0.4 is 0 Å². The Labute approximate surface area is 102 Å². The number of pyridine rings is 1. The number of carbonyl (C=O) groups excluding carboxylic acids is 1. The van der Waals surface area contributed by atoms with E-state index in [1.54, 1.807) is 12.4 Å². The molecule has 0 saturated carbocycles. The highest BCUT2D eigenvalue weighted by atomic mass is 16.1. The lowest BCUT2D eigenvalue weighted by atomic mass is 9.93. The first-order valence-corrected chi connectivity index (χ1v) is 6.11. The molecule has 0 aliphatic carbocycles. The van der Waals surface area contributed by atoms with Crippen LogP contribution in [0.1, 0.15) is 37.0 Å². The van der Waals surface area contributed by atoms with Crippen molar-refractivity contribution in [1.29, 1.82) is 0 Å². The zero-order chi connectivity index (χ0) is 12.3. The highest BCUT2D eigenvalue weighted by Gasteiger charge is 2.16. The van der Waals surface area contributed by atoms with Crippen LogP contribution in [0.25, 0.3) is 10.8 Å². The van der Waals surface area contributed by atoms with E-state index in [-0.39, 0.29) is 11.7 Å². The van der Waals surface area contributed by atoms with Gasteiger partial charge in [-0.05, 0) is 17.9 Å². The average Bonchev–Trinajstić information content (AvgIpc) is 2.37. The van der Waals surface area contributed by atoms with Crippen LogP contribution in [0, 0.1) is 5.92 Å². The van der Waals surface area contributed by atoms with E-state index in [1.165, 1.54) is 0 Å². The summed E-state index contributed by atoms with van der Waals surface area (Å²) in [5, 5.41) is 2.04. The predicted octanol–water partition coefficient (Wildman–Crippen LogP) is 3.85. The monoisotopic (exact) mass is 227 g/mol. The summed E-state index contributed by atoms with van der Waals surface area (Å²) in [5.74, 6) is 0.316. The third kappa shape index (κ3) is 2.36. The molecular formula is C15H17NO. The molecule has 0 radical (unpaired) electrons. The van der Waals surface area contributed by atoms with Gasteiger partial charge >= 0.3 is 0 Å². The summed E-state index contributed by atoms with van der Waals surface area (Å²) in [5.41, 5.74) is 0.802. The van der Waals surface area contributed by atoms with Gasteiger partial charge in [-0.15, -0.1) is 0 Å². The average molecular weight is 227 g/mol. The molecule has 0 N–H and O–H groups in total. The van der Waals surface area contributed by atoms with Gasteiger partial charge in [0.05, 0.1) is 0 Å². The molecule has 2 nitrogen and oxygen atoms in total. The van der Waals surface area contributed by atoms with Crippen molar-refractivity contribution < 1.29 is 4.79 Å². The molecule has 0 aliphatic rings. The summed E-state index contributed by atoms with van der Waals surface area (Å²) in [6, 6.07) is 7.79. The van der Waals surface area contributed by atoms with Gasteiger partial charge in [0.1, 0.15) is 0 Å². The van der Waals surface area contributed by atoms with Gasteiger partial charge in [-0.2, -0.15) is 0 Å². The van der Waals surface area contributed by atoms with Crippen molar-refractivity contribution in [1.82, 2.24) is 4.98 Å². The van der Waals surface area contributed by atoms with Crippen LogP contribution in [-0.2, 0) is 0 Å². The number of fused-ring (bicyclic) bond motifs is 1. The second kappa shape index (κ2) is 5.09. The van der Waals surface area contributed by atoms with Gasteiger partial charge in [-0.1, -0.05) is 38.5 Å². The Bertz CT molecular complexity index is 528. The molecule has 2 aromatic rings. The lowest BCUT2D eigenvalue weighted by Crippen LogP contribution is -2.11. The zero-order valence-electron chi connectivity index (χ0n) is 10.3.